The fraction of sp³-hybridized carbons (Fsp3) is 0.294. The minimum atomic E-state index is 0.221. The highest BCUT2D eigenvalue weighted by molar-refractivity contribution is 5.66. The number of rotatable bonds is 1. The number of benzene rings is 2. The maximum absolute atomic E-state index is 6.22. The molecule has 0 aromatic heterocycles. The molecule has 0 bridgehead atoms. The lowest BCUT2D eigenvalue weighted by atomic mass is 9.86. The molecule has 1 aliphatic rings. The average molecular weight is 237 g/mol. The second-order valence-electron chi connectivity index (χ2n) is 5.28. The van der Waals surface area contributed by atoms with Gasteiger partial charge in [-0.1, -0.05) is 42.0 Å². The summed E-state index contributed by atoms with van der Waals surface area (Å²) in [5, 5.41) is 0. The van der Waals surface area contributed by atoms with Crippen molar-refractivity contribution in [2.24, 2.45) is 5.73 Å². The molecule has 1 unspecified atom stereocenters. The summed E-state index contributed by atoms with van der Waals surface area (Å²) in [7, 11) is 0. The van der Waals surface area contributed by atoms with Crippen molar-refractivity contribution in [3.05, 3.63) is 59.2 Å². The molecule has 2 aromatic rings. The van der Waals surface area contributed by atoms with E-state index < -0.39 is 0 Å². The third-order valence-electron chi connectivity index (χ3n) is 3.86. The summed E-state index contributed by atoms with van der Waals surface area (Å²) in [4.78, 5) is 0. The Morgan fingerprint density at radius 1 is 1.06 bits per heavy atom. The first-order valence-electron chi connectivity index (χ1n) is 6.69. The van der Waals surface area contributed by atoms with Crippen molar-refractivity contribution in [1.29, 1.82) is 0 Å². The Kier molecular flexibility index (Phi) is 2.92. The van der Waals surface area contributed by atoms with Crippen molar-refractivity contribution >= 4 is 0 Å². The van der Waals surface area contributed by atoms with E-state index in [0.29, 0.717) is 0 Å². The maximum atomic E-state index is 6.22. The van der Waals surface area contributed by atoms with Gasteiger partial charge >= 0.3 is 0 Å². The van der Waals surface area contributed by atoms with Gasteiger partial charge in [0.1, 0.15) is 0 Å². The van der Waals surface area contributed by atoms with Crippen LogP contribution in [0.5, 0.6) is 0 Å². The molecule has 92 valence electrons. The van der Waals surface area contributed by atoms with Crippen molar-refractivity contribution in [2.45, 2.75) is 32.2 Å². The Balaban J connectivity index is 2.06. The van der Waals surface area contributed by atoms with Gasteiger partial charge in [0.25, 0.3) is 0 Å². The molecule has 0 saturated heterocycles. The summed E-state index contributed by atoms with van der Waals surface area (Å²) in [6.45, 7) is 2.13. The lowest BCUT2D eigenvalue weighted by Crippen LogP contribution is -2.17. The van der Waals surface area contributed by atoms with Crippen molar-refractivity contribution in [2.75, 3.05) is 0 Å². The summed E-state index contributed by atoms with van der Waals surface area (Å²) in [6, 6.07) is 15.6. The Hall–Kier alpha value is -1.60. The second kappa shape index (κ2) is 4.58. The van der Waals surface area contributed by atoms with Crippen LogP contribution in [0.1, 0.15) is 35.6 Å². The first kappa shape index (κ1) is 11.5. The van der Waals surface area contributed by atoms with Gasteiger partial charge in [-0.2, -0.15) is 0 Å². The highest BCUT2D eigenvalue weighted by Gasteiger charge is 2.17. The minimum absolute atomic E-state index is 0.221. The van der Waals surface area contributed by atoms with Gasteiger partial charge < -0.3 is 5.73 Å². The van der Waals surface area contributed by atoms with E-state index in [2.05, 4.69) is 49.4 Å². The predicted molar refractivity (Wildman–Crippen MR) is 76.5 cm³/mol. The first-order valence-corrected chi connectivity index (χ1v) is 6.69. The first-order chi connectivity index (χ1) is 8.74. The summed E-state index contributed by atoms with van der Waals surface area (Å²) >= 11 is 0. The van der Waals surface area contributed by atoms with Crippen LogP contribution in [0.25, 0.3) is 11.1 Å². The summed E-state index contributed by atoms with van der Waals surface area (Å²) < 4.78 is 0. The molecule has 0 fully saturated rings. The van der Waals surface area contributed by atoms with Gasteiger partial charge in [0.2, 0.25) is 0 Å². The van der Waals surface area contributed by atoms with Gasteiger partial charge in [0.15, 0.2) is 0 Å². The zero-order valence-electron chi connectivity index (χ0n) is 10.8. The highest BCUT2D eigenvalue weighted by atomic mass is 14.6. The molecule has 0 radical (unpaired) electrons. The number of aryl methyl sites for hydroxylation is 2. The molecule has 1 aliphatic carbocycles. The zero-order chi connectivity index (χ0) is 12.5. The maximum Gasteiger partial charge on any atom is 0.0297 e. The Morgan fingerprint density at radius 2 is 1.89 bits per heavy atom. The molecule has 0 heterocycles. The standard InChI is InChI=1S/C17H19N/c1-12-4-2-6-14(10-12)15-9-8-13-5-3-7-17(18)16(13)11-15/h2,4,6,8-11,17H,3,5,7,18H2,1H3. The van der Waals surface area contributed by atoms with Gasteiger partial charge in [-0.25, -0.2) is 0 Å². The molecule has 1 nitrogen and oxygen atoms in total. The van der Waals surface area contributed by atoms with E-state index in [9.17, 15) is 0 Å². The summed E-state index contributed by atoms with van der Waals surface area (Å²) in [6.07, 6.45) is 3.51. The topological polar surface area (TPSA) is 26.0 Å². The molecule has 0 spiro atoms. The molecular weight excluding hydrogens is 218 g/mol. The fourth-order valence-corrected chi connectivity index (χ4v) is 2.84. The molecule has 2 N–H and O–H groups in total. The smallest absolute Gasteiger partial charge is 0.0297 e. The lowest BCUT2D eigenvalue weighted by molar-refractivity contribution is 0.571. The Bertz CT molecular complexity index is 572. The van der Waals surface area contributed by atoms with Crippen LogP contribution in [0, 0.1) is 6.92 Å². The third kappa shape index (κ3) is 2.06. The van der Waals surface area contributed by atoms with E-state index in [1.165, 1.54) is 40.7 Å². The molecular formula is C17H19N. The molecule has 0 saturated carbocycles. The largest absolute Gasteiger partial charge is 0.324 e. The highest BCUT2D eigenvalue weighted by Crippen LogP contribution is 2.32. The minimum Gasteiger partial charge on any atom is -0.324 e. The van der Waals surface area contributed by atoms with E-state index in [1.54, 1.807) is 0 Å². The van der Waals surface area contributed by atoms with E-state index in [-0.39, 0.29) is 6.04 Å². The van der Waals surface area contributed by atoms with Crippen LogP contribution < -0.4 is 5.73 Å². The van der Waals surface area contributed by atoms with Crippen LogP contribution >= 0.6 is 0 Å². The van der Waals surface area contributed by atoms with Gasteiger partial charge in [-0.05, 0) is 54.5 Å². The number of hydrogen-bond donors (Lipinski definition) is 1. The Labute approximate surface area is 109 Å². The zero-order valence-corrected chi connectivity index (χ0v) is 10.8. The molecule has 18 heavy (non-hydrogen) atoms. The average Bonchev–Trinajstić information content (AvgIpc) is 2.39. The quantitative estimate of drug-likeness (QED) is 0.797. The number of hydrogen-bond acceptors (Lipinski definition) is 1. The normalized spacial score (nSPS) is 18.4. The monoisotopic (exact) mass is 237 g/mol. The number of nitrogens with two attached hydrogens (primary N) is 1. The number of fused-ring (bicyclic) bond motifs is 1. The second-order valence-corrected chi connectivity index (χ2v) is 5.28. The van der Waals surface area contributed by atoms with Crippen molar-refractivity contribution in [3.8, 4) is 11.1 Å². The van der Waals surface area contributed by atoms with Crippen LogP contribution in [0.3, 0.4) is 0 Å². The predicted octanol–water partition coefficient (Wildman–Crippen LogP) is 4.00. The third-order valence-corrected chi connectivity index (χ3v) is 3.86. The van der Waals surface area contributed by atoms with Crippen LogP contribution in [0.2, 0.25) is 0 Å². The van der Waals surface area contributed by atoms with Crippen molar-refractivity contribution in [1.82, 2.24) is 0 Å². The van der Waals surface area contributed by atoms with Crippen molar-refractivity contribution < 1.29 is 0 Å². The fourth-order valence-electron chi connectivity index (χ4n) is 2.84. The molecule has 0 amide bonds. The summed E-state index contributed by atoms with van der Waals surface area (Å²) in [5.41, 5.74) is 12.9. The lowest BCUT2D eigenvalue weighted by Gasteiger charge is -2.23. The van der Waals surface area contributed by atoms with Crippen LogP contribution in [-0.2, 0) is 6.42 Å². The van der Waals surface area contributed by atoms with E-state index in [4.69, 9.17) is 5.73 Å². The molecule has 1 atom stereocenters. The molecule has 3 rings (SSSR count). The van der Waals surface area contributed by atoms with Crippen LogP contribution in [-0.4, -0.2) is 0 Å². The van der Waals surface area contributed by atoms with Gasteiger partial charge in [-0.3, -0.25) is 0 Å². The molecule has 1 heteroatoms. The van der Waals surface area contributed by atoms with Gasteiger partial charge in [0.05, 0.1) is 0 Å². The van der Waals surface area contributed by atoms with Crippen molar-refractivity contribution in [3.63, 3.8) is 0 Å². The molecule has 0 aliphatic heterocycles. The van der Waals surface area contributed by atoms with Crippen LogP contribution in [0.4, 0.5) is 0 Å². The Morgan fingerprint density at radius 3 is 2.72 bits per heavy atom. The van der Waals surface area contributed by atoms with E-state index in [0.717, 1.165) is 6.42 Å². The summed E-state index contributed by atoms with van der Waals surface area (Å²) in [5.74, 6) is 0. The van der Waals surface area contributed by atoms with Gasteiger partial charge in [-0.15, -0.1) is 0 Å². The molecule has 2 aromatic carbocycles. The van der Waals surface area contributed by atoms with E-state index >= 15 is 0 Å². The van der Waals surface area contributed by atoms with Crippen LogP contribution in [0.15, 0.2) is 42.5 Å². The van der Waals surface area contributed by atoms with E-state index in [1.807, 2.05) is 0 Å². The SMILES string of the molecule is Cc1cccc(-c2ccc3c(c2)C(N)CCC3)c1. The van der Waals surface area contributed by atoms with Gasteiger partial charge in [0, 0.05) is 6.04 Å².